The molecule has 1 aliphatic rings. The highest BCUT2D eigenvalue weighted by atomic mass is 19.1. The van der Waals surface area contributed by atoms with Crippen molar-refractivity contribution in [2.45, 2.75) is 19.0 Å². The molecular weight excluding hydrogens is 137 g/mol. The molecule has 58 valence electrons. The minimum atomic E-state index is -1.01. The van der Waals surface area contributed by atoms with Crippen LogP contribution in [0.3, 0.4) is 0 Å². The number of hydrogen-bond acceptors (Lipinski definition) is 1. The van der Waals surface area contributed by atoms with Gasteiger partial charge in [0.05, 0.1) is 6.54 Å². The average molecular weight is 147 g/mol. The molecule has 1 fully saturated rings. The van der Waals surface area contributed by atoms with Gasteiger partial charge >= 0.3 is 6.09 Å². The number of rotatable bonds is 0. The average Bonchev–Trinajstić information content (AvgIpc) is 1.88. The summed E-state index contributed by atoms with van der Waals surface area (Å²) in [7, 11) is 0. The van der Waals surface area contributed by atoms with E-state index in [9.17, 15) is 9.18 Å². The Morgan fingerprint density at radius 3 is 2.80 bits per heavy atom. The maximum absolute atomic E-state index is 12.5. The third-order valence-corrected chi connectivity index (χ3v) is 1.63. The molecule has 1 saturated heterocycles. The maximum atomic E-state index is 12.5. The molecule has 0 bridgehead atoms. The molecule has 1 N–H and O–H groups in total. The smallest absolute Gasteiger partial charge is 0.407 e. The monoisotopic (exact) mass is 147 g/mol. The first-order valence-corrected chi connectivity index (χ1v) is 3.32. The fourth-order valence-electron chi connectivity index (χ4n) is 1.10. The van der Waals surface area contributed by atoms with Crippen LogP contribution in [0.15, 0.2) is 0 Å². The molecule has 1 heterocycles. The van der Waals surface area contributed by atoms with Crippen molar-refractivity contribution in [3.05, 3.63) is 0 Å². The first-order chi connectivity index (χ1) is 4.70. The summed E-state index contributed by atoms with van der Waals surface area (Å²) in [5, 5.41) is 8.42. The SMILES string of the molecule is O=C(O)N1CCC[C@@H](F)C1. The molecule has 0 aromatic heterocycles. The van der Waals surface area contributed by atoms with Crippen LogP contribution in [0.2, 0.25) is 0 Å². The Kier molecular flexibility index (Phi) is 2.09. The maximum Gasteiger partial charge on any atom is 0.407 e. The molecule has 0 aromatic carbocycles. The number of carboxylic acid groups (broad SMARTS) is 1. The lowest BCUT2D eigenvalue weighted by Gasteiger charge is -2.25. The van der Waals surface area contributed by atoms with Crippen LogP contribution in [-0.4, -0.2) is 35.4 Å². The van der Waals surface area contributed by atoms with Crippen LogP contribution in [0, 0.1) is 0 Å². The van der Waals surface area contributed by atoms with Crippen molar-refractivity contribution in [1.82, 2.24) is 4.90 Å². The lowest BCUT2D eigenvalue weighted by Crippen LogP contribution is -2.39. The standard InChI is InChI=1S/C6H10FNO2/c7-5-2-1-3-8(4-5)6(9)10/h5H,1-4H2,(H,9,10)/t5-/m1/s1. The Morgan fingerprint density at radius 2 is 2.40 bits per heavy atom. The summed E-state index contributed by atoms with van der Waals surface area (Å²) in [6, 6.07) is 0. The van der Waals surface area contributed by atoms with Crippen molar-refractivity contribution in [1.29, 1.82) is 0 Å². The lowest BCUT2D eigenvalue weighted by atomic mass is 10.1. The molecule has 1 rings (SSSR count). The van der Waals surface area contributed by atoms with Crippen LogP contribution in [-0.2, 0) is 0 Å². The van der Waals surface area contributed by atoms with Crippen molar-refractivity contribution in [3.63, 3.8) is 0 Å². The van der Waals surface area contributed by atoms with Gasteiger partial charge < -0.3 is 10.0 Å². The molecule has 0 aliphatic carbocycles. The molecule has 1 atom stereocenters. The zero-order valence-electron chi connectivity index (χ0n) is 5.59. The molecule has 1 amide bonds. The summed E-state index contributed by atoms with van der Waals surface area (Å²) in [4.78, 5) is 11.4. The van der Waals surface area contributed by atoms with Gasteiger partial charge in [0.2, 0.25) is 0 Å². The van der Waals surface area contributed by atoms with E-state index in [1.165, 1.54) is 0 Å². The van der Waals surface area contributed by atoms with Crippen molar-refractivity contribution < 1.29 is 14.3 Å². The minimum absolute atomic E-state index is 0.0509. The topological polar surface area (TPSA) is 40.5 Å². The number of nitrogens with zero attached hydrogens (tertiary/aromatic N) is 1. The number of alkyl halides is 1. The molecule has 0 aromatic rings. The number of likely N-dealkylation sites (tertiary alicyclic amines) is 1. The van der Waals surface area contributed by atoms with Crippen molar-refractivity contribution in [2.75, 3.05) is 13.1 Å². The van der Waals surface area contributed by atoms with Gasteiger partial charge in [0, 0.05) is 6.54 Å². The molecule has 0 spiro atoms. The predicted molar refractivity (Wildman–Crippen MR) is 33.7 cm³/mol. The van der Waals surface area contributed by atoms with E-state index in [0.29, 0.717) is 19.4 Å². The van der Waals surface area contributed by atoms with Crippen LogP contribution in [0.5, 0.6) is 0 Å². The van der Waals surface area contributed by atoms with Crippen LogP contribution >= 0.6 is 0 Å². The van der Waals surface area contributed by atoms with Crippen LogP contribution in [0.4, 0.5) is 9.18 Å². The fraction of sp³-hybridized carbons (Fsp3) is 0.833. The Balaban J connectivity index is 2.39. The molecule has 1 aliphatic heterocycles. The lowest BCUT2D eigenvalue weighted by molar-refractivity contribution is 0.107. The third kappa shape index (κ3) is 1.59. The summed E-state index contributed by atoms with van der Waals surface area (Å²) in [5.41, 5.74) is 0. The first-order valence-electron chi connectivity index (χ1n) is 3.32. The highest BCUT2D eigenvalue weighted by Crippen LogP contribution is 2.12. The van der Waals surface area contributed by atoms with E-state index < -0.39 is 12.3 Å². The molecule has 4 heteroatoms. The van der Waals surface area contributed by atoms with Crippen molar-refractivity contribution in [3.8, 4) is 0 Å². The zero-order chi connectivity index (χ0) is 7.56. The number of halogens is 1. The van der Waals surface area contributed by atoms with Gasteiger partial charge in [-0.05, 0) is 12.8 Å². The third-order valence-electron chi connectivity index (χ3n) is 1.63. The summed E-state index contributed by atoms with van der Waals surface area (Å²) in [5.74, 6) is 0. The molecule has 10 heavy (non-hydrogen) atoms. The van der Waals surface area contributed by atoms with Gasteiger partial charge in [0.25, 0.3) is 0 Å². The minimum Gasteiger partial charge on any atom is -0.465 e. The van der Waals surface area contributed by atoms with E-state index >= 15 is 0 Å². The van der Waals surface area contributed by atoms with Gasteiger partial charge in [0.1, 0.15) is 6.17 Å². The highest BCUT2D eigenvalue weighted by molar-refractivity contribution is 5.65. The summed E-state index contributed by atoms with van der Waals surface area (Å²) >= 11 is 0. The van der Waals surface area contributed by atoms with E-state index in [-0.39, 0.29) is 6.54 Å². The predicted octanol–water partition coefficient (Wildman–Crippen LogP) is 1.10. The van der Waals surface area contributed by atoms with E-state index in [1.54, 1.807) is 0 Å². The summed E-state index contributed by atoms with van der Waals surface area (Å²) in [6.45, 7) is 0.533. The Morgan fingerprint density at radius 1 is 1.70 bits per heavy atom. The fourth-order valence-corrected chi connectivity index (χ4v) is 1.10. The van der Waals surface area contributed by atoms with Crippen LogP contribution in [0.1, 0.15) is 12.8 Å². The summed E-state index contributed by atoms with van der Waals surface area (Å²) < 4.78 is 12.5. The second-order valence-electron chi connectivity index (χ2n) is 2.47. The van der Waals surface area contributed by atoms with Crippen molar-refractivity contribution in [2.24, 2.45) is 0 Å². The van der Waals surface area contributed by atoms with Gasteiger partial charge in [-0.1, -0.05) is 0 Å². The van der Waals surface area contributed by atoms with E-state index in [0.717, 1.165) is 4.90 Å². The van der Waals surface area contributed by atoms with Gasteiger partial charge in [-0.25, -0.2) is 9.18 Å². The van der Waals surface area contributed by atoms with Crippen molar-refractivity contribution >= 4 is 6.09 Å². The molecule has 0 unspecified atom stereocenters. The molecular formula is C6H10FNO2. The Labute approximate surface area is 58.4 Å². The van der Waals surface area contributed by atoms with E-state index in [4.69, 9.17) is 5.11 Å². The second kappa shape index (κ2) is 2.86. The highest BCUT2D eigenvalue weighted by Gasteiger charge is 2.21. The van der Waals surface area contributed by atoms with E-state index in [2.05, 4.69) is 0 Å². The number of carbonyl (C=O) groups is 1. The quantitative estimate of drug-likeness (QED) is 0.557. The Bertz CT molecular complexity index is 140. The molecule has 0 radical (unpaired) electrons. The van der Waals surface area contributed by atoms with Gasteiger partial charge in [-0.3, -0.25) is 0 Å². The number of hydrogen-bond donors (Lipinski definition) is 1. The first kappa shape index (κ1) is 7.31. The van der Waals surface area contributed by atoms with E-state index in [1.807, 2.05) is 0 Å². The van der Waals surface area contributed by atoms with Crippen LogP contribution in [0.25, 0.3) is 0 Å². The normalized spacial score (nSPS) is 26.5. The van der Waals surface area contributed by atoms with Gasteiger partial charge in [-0.15, -0.1) is 0 Å². The van der Waals surface area contributed by atoms with Gasteiger partial charge in [-0.2, -0.15) is 0 Å². The molecule has 3 nitrogen and oxygen atoms in total. The largest absolute Gasteiger partial charge is 0.465 e. The van der Waals surface area contributed by atoms with Gasteiger partial charge in [0.15, 0.2) is 0 Å². The number of piperidine rings is 1. The molecule has 0 saturated carbocycles. The van der Waals surface area contributed by atoms with Crippen LogP contribution < -0.4 is 0 Å². The number of amides is 1. The Hall–Kier alpha value is -0.800. The zero-order valence-corrected chi connectivity index (χ0v) is 5.59. The summed E-state index contributed by atoms with van der Waals surface area (Å²) in [6.07, 6.45) is -0.816. The second-order valence-corrected chi connectivity index (χ2v) is 2.47.